The first-order chi connectivity index (χ1) is 8.85. The molecule has 1 aromatic rings. The summed E-state index contributed by atoms with van der Waals surface area (Å²) in [7, 11) is 0. The van der Waals surface area contributed by atoms with Gasteiger partial charge in [-0.05, 0) is 31.5 Å². The van der Waals surface area contributed by atoms with Crippen LogP contribution >= 0.6 is 0 Å². The van der Waals surface area contributed by atoms with Gasteiger partial charge in [0.15, 0.2) is 0 Å². The summed E-state index contributed by atoms with van der Waals surface area (Å²) in [4.78, 5) is 4.27. The molecule has 2 rings (SSSR count). The Labute approximate surface area is 109 Å². The Bertz CT molecular complexity index is 365. The number of hydrogen-bond donors (Lipinski definition) is 1. The van der Waals surface area contributed by atoms with Crippen LogP contribution in [0.1, 0.15) is 31.9 Å². The highest BCUT2D eigenvalue weighted by Crippen LogP contribution is 2.29. The van der Waals surface area contributed by atoms with Gasteiger partial charge in [-0.3, -0.25) is 4.98 Å². The molecule has 0 amide bonds. The molecule has 2 heterocycles. The van der Waals surface area contributed by atoms with Crippen LogP contribution in [-0.4, -0.2) is 31.3 Å². The molecule has 1 aliphatic rings. The summed E-state index contributed by atoms with van der Waals surface area (Å²) in [6.45, 7) is 7.42. The highest BCUT2D eigenvalue weighted by atomic mass is 16.5. The van der Waals surface area contributed by atoms with Gasteiger partial charge in [0.05, 0.1) is 19.4 Å². The fourth-order valence-electron chi connectivity index (χ4n) is 2.44. The minimum Gasteiger partial charge on any atom is -0.492 e. The molecule has 0 radical (unpaired) electrons. The molecule has 18 heavy (non-hydrogen) atoms. The Hall–Kier alpha value is -1.13. The van der Waals surface area contributed by atoms with E-state index in [0.717, 1.165) is 31.9 Å². The van der Waals surface area contributed by atoms with Crippen LogP contribution in [0.3, 0.4) is 0 Å². The Morgan fingerprint density at radius 2 is 2.39 bits per heavy atom. The number of hydrogen-bond acceptors (Lipinski definition) is 4. The molecule has 100 valence electrons. The number of nitrogens with zero attached hydrogens (tertiary/aromatic N) is 1. The predicted molar refractivity (Wildman–Crippen MR) is 70.7 cm³/mol. The van der Waals surface area contributed by atoms with E-state index in [1.165, 1.54) is 5.56 Å². The third-order valence-electron chi connectivity index (χ3n) is 3.26. The molecule has 0 bridgehead atoms. The van der Waals surface area contributed by atoms with Crippen LogP contribution in [0.2, 0.25) is 0 Å². The summed E-state index contributed by atoms with van der Waals surface area (Å²) < 4.78 is 11.0. The standard InChI is InChI=1S/C14H22N2O2/c1-3-16-14(11-5-6-17-10-11)12-7-13(18-4-2)9-15-8-12/h7-9,11,14,16H,3-6,10H2,1-2H3. The van der Waals surface area contributed by atoms with Crippen LogP contribution in [0.25, 0.3) is 0 Å². The molecule has 1 aromatic heterocycles. The molecule has 1 saturated heterocycles. The van der Waals surface area contributed by atoms with Crippen molar-refractivity contribution in [3.8, 4) is 5.75 Å². The molecule has 0 aromatic carbocycles. The molecule has 1 fully saturated rings. The molecule has 2 atom stereocenters. The van der Waals surface area contributed by atoms with E-state index in [1.54, 1.807) is 6.20 Å². The predicted octanol–water partition coefficient (Wildman–Crippen LogP) is 2.17. The average molecular weight is 250 g/mol. The number of rotatable bonds is 6. The van der Waals surface area contributed by atoms with Crippen molar-refractivity contribution in [2.24, 2.45) is 5.92 Å². The largest absolute Gasteiger partial charge is 0.492 e. The monoisotopic (exact) mass is 250 g/mol. The minimum absolute atomic E-state index is 0.311. The Balaban J connectivity index is 2.15. The maximum atomic E-state index is 5.52. The minimum atomic E-state index is 0.311. The number of nitrogens with one attached hydrogen (secondary N) is 1. The van der Waals surface area contributed by atoms with Crippen molar-refractivity contribution >= 4 is 0 Å². The summed E-state index contributed by atoms with van der Waals surface area (Å²) >= 11 is 0. The van der Waals surface area contributed by atoms with Gasteiger partial charge in [0, 0.05) is 24.8 Å². The zero-order valence-electron chi connectivity index (χ0n) is 11.2. The van der Waals surface area contributed by atoms with E-state index in [4.69, 9.17) is 9.47 Å². The lowest BCUT2D eigenvalue weighted by Crippen LogP contribution is -2.28. The van der Waals surface area contributed by atoms with Crippen molar-refractivity contribution in [1.29, 1.82) is 0 Å². The summed E-state index contributed by atoms with van der Waals surface area (Å²) in [5.41, 5.74) is 1.19. The molecule has 0 spiro atoms. The van der Waals surface area contributed by atoms with E-state index < -0.39 is 0 Å². The lowest BCUT2D eigenvalue weighted by atomic mass is 9.93. The molecule has 0 saturated carbocycles. The highest BCUT2D eigenvalue weighted by Gasteiger charge is 2.26. The van der Waals surface area contributed by atoms with E-state index in [2.05, 4.69) is 23.3 Å². The molecule has 4 nitrogen and oxygen atoms in total. The van der Waals surface area contributed by atoms with Gasteiger partial charge in [-0.25, -0.2) is 0 Å². The van der Waals surface area contributed by atoms with Crippen molar-refractivity contribution in [2.45, 2.75) is 26.3 Å². The summed E-state index contributed by atoms with van der Waals surface area (Å²) in [6, 6.07) is 2.40. The van der Waals surface area contributed by atoms with E-state index in [0.29, 0.717) is 18.6 Å². The second kappa shape index (κ2) is 6.71. The lowest BCUT2D eigenvalue weighted by molar-refractivity contribution is 0.177. The van der Waals surface area contributed by atoms with Crippen molar-refractivity contribution in [1.82, 2.24) is 10.3 Å². The van der Waals surface area contributed by atoms with Crippen molar-refractivity contribution in [3.05, 3.63) is 24.0 Å². The maximum Gasteiger partial charge on any atom is 0.137 e. The molecular weight excluding hydrogens is 228 g/mol. The zero-order chi connectivity index (χ0) is 12.8. The van der Waals surface area contributed by atoms with Gasteiger partial charge >= 0.3 is 0 Å². The van der Waals surface area contributed by atoms with Crippen molar-refractivity contribution < 1.29 is 9.47 Å². The van der Waals surface area contributed by atoms with Crippen LogP contribution < -0.4 is 10.1 Å². The smallest absolute Gasteiger partial charge is 0.137 e. The third kappa shape index (κ3) is 3.21. The summed E-state index contributed by atoms with van der Waals surface area (Å²) in [5, 5.41) is 3.53. The Kier molecular flexibility index (Phi) is 4.96. The highest BCUT2D eigenvalue weighted by molar-refractivity contribution is 5.26. The van der Waals surface area contributed by atoms with Gasteiger partial charge in [0.2, 0.25) is 0 Å². The maximum absolute atomic E-state index is 5.52. The number of ether oxygens (including phenoxy) is 2. The van der Waals surface area contributed by atoms with Gasteiger partial charge in [0.1, 0.15) is 5.75 Å². The molecule has 1 N–H and O–H groups in total. The second-order valence-electron chi connectivity index (χ2n) is 4.55. The van der Waals surface area contributed by atoms with Crippen LogP contribution in [0.4, 0.5) is 0 Å². The fourth-order valence-corrected chi connectivity index (χ4v) is 2.44. The Morgan fingerprint density at radius 1 is 1.50 bits per heavy atom. The topological polar surface area (TPSA) is 43.4 Å². The first-order valence-corrected chi connectivity index (χ1v) is 6.74. The fraction of sp³-hybridized carbons (Fsp3) is 0.643. The van der Waals surface area contributed by atoms with Crippen LogP contribution in [0, 0.1) is 5.92 Å². The van der Waals surface area contributed by atoms with Crippen LogP contribution in [0.15, 0.2) is 18.5 Å². The first-order valence-electron chi connectivity index (χ1n) is 6.74. The van der Waals surface area contributed by atoms with E-state index in [1.807, 2.05) is 13.1 Å². The van der Waals surface area contributed by atoms with Gasteiger partial charge in [-0.2, -0.15) is 0 Å². The van der Waals surface area contributed by atoms with Gasteiger partial charge in [-0.1, -0.05) is 6.92 Å². The SMILES string of the molecule is CCNC(c1cncc(OCC)c1)C1CCOC1. The molecular formula is C14H22N2O2. The molecule has 0 aliphatic carbocycles. The summed E-state index contributed by atoms with van der Waals surface area (Å²) in [5.74, 6) is 1.38. The molecule has 1 aliphatic heterocycles. The van der Waals surface area contributed by atoms with Gasteiger partial charge < -0.3 is 14.8 Å². The van der Waals surface area contributed by atoms with E-state index >= 15 is 0 Å². The Morgan fingerprint density at radius 3 is 3.06 bits per heavy atom. The van der Waals surface area contributed by atoms with Gasteiger partial charge in [-0.15, -0.1) is 0 Å². The lowest BCUT2D eigenvalue weighted by Gasteiger charge is -2.23. The number of aromatic nitrogens is 1. The van der Waals surface area contributed by atoms with Crippen LogP contribution in [0.5, 0.6) is 5.75 Å². The first kappa shape index (κ1) is 13.3. The number of pyridine rings is 1. The van der Waals surface area contributed by atoms with E-state index in [-0.39, 0.29) is 0 Å². The van der Waals surface area contributed by atoms with E-state index in [9.17, 15) is 0 Å². The zero-order valence-corrected chi connectivity index (χ0v) is 11.2. The summed E-state index contributed by atoms with van der Waals surface area (Å²) in [6.07, 6.45) is 4.80. The molecule has 4 heteroatoms. The van der Waals surface area contributed by atoms with Crippen LogP contribution in [-0.2, 0) is 4.74 Å². The second-order valence-corrected chi connectivity index (χ2v) is 4.55. The van der Waals surface area contributed by atoms with Crippen molar-refractivity contribution in [2.75, 3.05) is 26.4 Å². The third-order valence-corrected chi connectivity index (χ3v) is 3.26. The van der Waals surface area contributed by atoms with Crippen molar-refractivity contribution in [3.63, 3.8) is 0 Å². The quantitative estimate of drug-likeness (QED) is 0.840. The van der Waals surface area contributed by atoms with Gasteiger partial charge in [0.25, 0.3) is 0 Å². The average Bonchev–Trinajstić information content (AvgIpc) is 2.90. The molecule has 2 unspecified atom stereocenters. The normalized spacial score (nSPS) is 20.9.